The van der Waals surface area contributed by atoms with Crippen molar-refractivity contribution < 1.29 is 4.74 Å². The average molecular weight is 116 g/mol. The number of ether oxygens (including phenoxy) is 1. The van der Waals surface area contributed by atoms with E-state index in [2.05, 4.69) is 6.92 Å². The highest BCUT2D eigenvalue weighted by Gasteiger charge is 2.13. The van der Waals surface area contributed by atoms with Gasteiger partial charge >= 0.3 is 0 Å². The Morgan fingerprint density at radius 2 is 2.00 bits per heavy atom. The van der Waals surface area contributed by atoms with E-state index in [4.69, 9.17) is 4.74 Å². The van der Waals surface area contributed by atoms with Gasteiger partial charge < -0.3 is 4.74 Å². The maximum absolute atomic E-state index is 5.08. The summed E-state index contributed by atoms with van der Waals surface area (Å²) in [5.74, 6) is 0. The van der Waals surface area contributed by atoms with Crippen LogP contribution >= 0.6 is 0 Å². The Labute approximate surface area is 52.0 Å². The maximum atomic E-state index is 5.08. The fourth-order valence-corrected chi connectivity index (χ4v) is 0.606. The van der Waals surface area contributed by atoms with Crippen LogP contribution in [0.2, 0.25) is 0 Å². The minimum absolute atomic E-state index is 0.616. The Kier molecular flexibility index (Phi) is 5.08. The molecule has 1 saturated heterocycles. The molecular formula is C7H16O. The molecule has 1 aliphatic rings. The molecule has 1 rings (SSSR count). The molecule has 1 heterocycles. The minimum Gasteiger partial charge on any atom is -0.378 e. The molecule has 0 spiro atoms. The van der Waals surface area contributed by atoms with Crippen molar-refractivity contribution in [3.63, 3.8) is 0 Å². The van der Waals surface area contributed by atoms with E-state index in [1.807, 2.05) is 13.8 Å². The fourth-order valence-electron chi connectivity index (χ4n) is 0.606. The summed E-state index contributed by atoms with van der Waals surface area (Å²) in [6, 6.07) is 0. The molecule has 0 saturated carbocycles. The molecule has 8 heavy (non-hydrogen) atoms. The average Bonchev–Trinajstić information content (AvgIpc) is 1.69. The first-order valence-electron chi connectivity index (χ1n) is 3.55. The van der Waals surface area contributed by atoms with Gasteiger partial charge in [-0.3, -0.25) is 0 Å². The van der Waals surface area contributed by atoms with Crippen molar-refractivity contribution in [2.24, 2.45) is 0 Å². The van der Waals surface area contributed by atoms with Crippen LogP contribution in [-0.4, -0.2) is 12.7 Å². The first-order chi connectivity index (χ1) is 3.93. The van der Waals surface area contributed by atoms with Crippen LogP contribution in [0.25, 0.3) is 0 Å². The summed E-state index contributed by atoms with van der Waals surface area (Å²) >= 11 is 0. The van der Waals surface area contributed by atoms with Crippen LogP contribution in [0.15, 0.2) is 0 Å². The topological polar surface area (TPSA) is 9.23 Å². The molecule has 0 aliphatic carbocycles. The smallest absolute Gasteiger partial charge is 0.0594 e. The highest BCUT2D eigenvalue weighted by atomic mass is 16.5. The minimum atomic E-state index is 0.616. The second-order valence-electron chi connectivity index (χ2n) is 1.69. The zero-order valence-electron chi connectivity index (χ0n) is 6.11. The van der Waals surface area contributed by atoms with E-state index in [0.29, 0.717) is 6.10 Å². The first-order valence-corrected chi connectivity index (χ1v) is 3.55. The van der Waals surface area contributed by atoms with Crippen molar-refractivity contribution in [1.82, 2.24) is 0 Å². The number of hydrogen-bond donors (Lipinski definition) is 0. The van der Waals surface area contributed by atoms with Crippen molar-refractivity contribution in [3.05, 3.63) is 0 Å². The van der Waals surface area contributed by atoms with Gasteiger partial charge in [-0.2, -0.15) is 0 Å². The highest BCUT2D eigenvalue weighted by Crippen LogP contribution is 2.12. The summed E-state index contributed by atoms with van der Waals surface area (Å²) in [6.45, 7) is 7.16. The molecular weight excluding hydrogens is 100 g/mol. The molecule has 0 bridgehead atoms. The van der Waals surface area contributed by atoms with Gasteiger partial charge in [0.05, 0.1) is 6.10 Å². The lowest BCUT2D eigenvalue weighted by atomic mass is 10.1. The molecule has 0 N–H and O–H groups in total. The molecule has 50 valence electrons. The van der Waals surface area contributed by atoms with E-state index < -0.39 is 0 Å². The van der Waals surface area contributed by atoms with E-state index in [0.717, 1.165) is 6.61 Å². The molecule has 0 aromatic heterocycles. The van der Waals surface area contributed by atoms with Crippen molar-refractivity contribution >= 4 is 0 Å². The predicted molar refractivity (Wildman–Crippen MR) is 36.0 cm³/mol. The summed E-state index contributed by atoms with van der Waals surface area (Å²) in [4.78, 5) is 0. The second kappa shape index (κ2) is 5.10. The molecule has 1 fully saturated rings. The molecule has 1 nitrogen and oxygen atoms in total. The van der Waals surface area contributed by atoms with Crippen LogP contribution in [0, 0.1) is 0 Å². The Bertz CT molecular complexity index is 36.9. The molecule has 0 amide bonds. The van der Waals surface area contributed by atoms with E-state index >= 15 is 0 Å². The van der Waals surface area contributed by atoms with E-state index in [-0.39, 0.29) is 0 Å². The number of rotatable bonds is 1. The lowest BCUT2D eigenvalue weighted by Gasteiger charge is -2.24. The molecule has 0 aromatic rings. The molecule has 0 aromatic carbocycles. The van der Waals surface area contributed by atoms with Crippen LogP contribution in [0.1, 0.15) is 33.6 Å². The van der Waals surface area contributed by atoms with E-state index in [9.17, 15) is 0 Å². The summed E-state index contributed by atoms with van der Waals surface area (Å²) in [6.07, 6.45) is 3.10. The summed E-state index contributed by atoms with van der Waals surface area (Å²) in [5, 5.41) is 0. The first kappa shape index (κ1) is 7.96. The zero-order chi connectivity index (χ0) is 6.41. The summed E-state index contributed by atoms with van der Waals surface area (Å²) in [5.41, 5.74) is 0. The normalized spacial score (nSPS) is 25.1. The van der Waals surface area contributed by atoms with Crippen molar-refractivity contribution in [2.45, 2.75) is 39.7 Å². The third-order valence-electron chi connectivity index (χ3n) is 1.25. The SMILES string of the molecule is CC.CCC1CCO1. The monoisotopic (exact) mass is 116 g/mol. The largest absolute Gasteiger partial charge is 0.378 e. The molecule has 1 aliphatic heterocycles. The van der Waals surface area contributed by atoms with Crippen LogP contribution in [0.3, 0.4) is 0 Å². The van der Waals surface area contributed by atoms with Gasteiger partial charge in [-0.15, -0.1) is 0 Å². The fraction of sp³-hybridized carbons (Fsp3) is 1.00. The van der Waals surface area contributed by atoms with Crippen molar-refractivity contribution in [3.8, 4) is 0 Å². The highest BCUT2D eigenvalue weighted by molar-refractivity contribution is 4.62. The quantitative estimate of drug-likeness (QED) is 0.510. The van der Waals surface area contributed by atoms with Gasteiger partial charge in [0.25, 0.3) is 0 Å². The van der Waals surface area contributed by atoms with Crippen molar-refractivity contribution in [1.29, 1.82) is 0 Å². The van der Waals surface area contributed by atoms with Gasteiger partial charge in [0.2, 0.25) is 0 Å². The molecule has 1 heteroatoms. The third kappa shape index (κ3) is 2.31. The van der Waals surface area contributed by atoms with Gasteiger partial charge in [-0.05, 0) is 12.8 Å². The summed E-state index contributed by atoms with van der Waals surface area (Å²) < 4.78 is 5.08. The molecule has 0 radical (unpaired) electrons. The van der Waals surface area contributed by atoms with E-state index in [1.54, 1.807) is 0 Å². The van der Waals surface area contributed by atoms with Crippen molar-refractivity contribution in [2.75, 3.05) is 6.61 Å². The van der Waals surface area contributed by atoms with Gasteiger partial charge in [0, 0.05) is 6.61 Å². The van der Waals surface area contributed by atoms with E-state index in [1.165, 1.54) is 12.8 Å². The van der Waals surface area contributed by atoms with Crippen LogP contribution in [-0.2, 0) is 4.74 Å². The van der Waals surface area contributed by atoms with Gasteiger partial charge in [0.1, 0.15) is 0 Å². The Morgan fingerprint density at radius 3 is 2.00 bits per heavy atom. The Morgan fingerprint density at radius 1 is 1.50 bits per heavy atom. The van der Waals surface area contributed by atoms with Gasteiger partial charge in [-0.25, -0.2) is 0 Å². The lowest BCUT2D eigenvalue weighted by Crippen LogP contribution is -2.25. The Balaban J connectivity index is 0.000000222. The molecule has 1 unspecified atom stereocenters. The van der Waals surface area contributed by atoms with Crippen LogP contribution in [0.5, 0.6) is 0 Å². The zero-order valence-corrected chi connectivity index (χ0v) is 6.11. The molecule has 1 atom stereocenters. The summed E-state index contributed by atoms with van der Waals surface area (Å²) in [7, 11) is 0. The number of hydrogen-bond acceptors (Lipinski definition) is 1. The van der Waals surface area contributed by atoms with Gasteiger partial charge in [-0.1, -0.05) is 20.8 Å². The predicted octanol–water partition coefficient (Wildman–Crippen LogP) is 2.21. The Hall–Kier alpha value is -0.0400. The van der Waals surface area contributed by atoms with Crippen LogP contribution < -0.4 is 0 Å². The second-order valence-corrected chi connectivity index (χ2v) is 1.69. The lowest BCUT2D eigenvalue weighted by molar-refractivity contribution is -0.0516. The van der Waals surface area contributed by atoms with Crippen LogP contribution in [0.4, 0.5) is 0 Å². The van der Waals surface area contributed by atoms with Gasteiger partial charge in [0.15, 0.2) is 0 Å². The standard InChI is InChI=1S/C5H10O.C2H6/c1-2-5-3-4-6-5;1-2/h5H,2-4H2,1H3;1-2H3. The maximum Gasteiger partial charge on any atom is 0.0594 e. The third-order valence-corrected chi connectivity index (χ3v) is 1.25.